The number of amidine groups is 1. The van der Waals surface area contributed by atoms with Gasteiger partial charge in [0.15, 0.2) is 6.61 Å². The molecule has 0 aliphatic carbocycles. The van der Waals surface area contributed by atoms with E-state index in [4.69, 9.17) is 38.5 Å². The van der Waals surface area contributed by atoms with Crippen molar-refractivity contribution in [3.63, 3.8) is 0 Å². The van der Waals surface area contributed by atoms with Gasteiger partial charge in [-0.1, -0.05) is 46.6 Å². The van der Waals surface area contributed by atoms with E-state index in [0.29, 0.717) is 15.8 Å². The normalized spacial score (nSPS) is 11.3. The van der Waals surface area contributed by atoms with Gasteiger partial charge in [-0.15, -0.1) is 0 Å². The monoisotopic (exact) mass is 380 g/mol. The summed E-state index contributed by atoms with van der Waals surface area (Å²) in [6, 6.07) is 10.6. The zero-order chi connectivity index (χ0) is 18.4. The van der Waals surface area contributed by atoms with E-state index < -0.39 is 5.97 Å². The molecule has 0 aromatic heterocycles. The first-order chi connectivity index (χ1) is 11.9. The molecule has 2 rings (SSSR count). The van der Waals surface area contributed by atoms with E-state index in [1.807, 2.05) is 26.0 Å². The Morgan fingerprint density at radius 2 is 1.96 bits per heavy atom. The summed E-state index contributed by atoms with van der Waals surface area (Å²) in [5, 5.41) is 4.60. The molecule has 2 aromatic rings. The van der Waals surface area contributed by atoms with Gasteiger partial charge in [-0.2, -0.15) is 0 Å². The van der Waals surface area contributed by atoms with Crippen molar-refractivity contribution in [2.75, 3.05) is 6.61 Å². The smallest absolute Gasteiger partial charge is 0.372 e. The third-order valence-electron chi connectivity index (χ3n) is 3.55. The van der Waals surface area contributed by atoms with Crippen LogP contribution >= 0.6 is 23.2 Å². The van der Waals surface area contributed by atoms with Gasteiger partial charge in [0.1, 0.15) is 11.6 Å². The van der Waals surface area contributed by atoms with E-state index in [2.05, 4.69) is 5.16 Å². The molecule has 0 unspecified atom stereocenters. The third-order valence-corrected chi connectivity index (χ3v) is 4.14. The molecular weight excluding hydrogens is 363 g/mol. The number of rotatable bonds is 6. The van der Waals surface area contributed by atoms with Crippen LogP contribution in [0.15, 0.2) is 41.6 Å². The maximum absolute atomic E-state index is 11.7. The number of carbonyl (C=O) groups excluding carboxylic acids is 1. The van der Waals surface area contributed by atoms with Gasteiger partial charge in [0, 0.05) is 16.5 Å². The van der Waals surface area contributed by atoms with Gasteiger partial charge >= 0.3 is 5.97 Å². The van der Waals surface area contributed by atoms with Crippen LogP contribution in [0, 0.1) is 13.8 Å². The van der Waals surface area contributed by atoms with Crippen molar-refractivity contribution in [2.24, 2.45) is 10.9 Å². The third kappa shape index (κ3) is 5.66. The summed E-state index contributed by atoms with van der Waals surface area (Å²) in [5.74, 6) is 0.0946. The molecule has 0 saturated carbocycles. The lowest BCUT2D eigenvalue weighted by atomic mass is 10.1. The molecule has 2 N–H and O–H groups in total. The first kappa shape index (κ1) is 19.1. The predicted octanol–water partition coefficient (Wildman–Crippen LogP) is 4.05. The van der Waals surface area contributed by atoms with E-state index >= 15 is 0 Å². The molecule has 0 amide bonds. The quantitative estimate of drug-likeness (QED) is 0.355. The second-order valence-corrected chi connectivity index (χ2v) is 6.29. The van der Waals surface area contributed by atoms with Crippen LogP contribution in [0.2, 0.25) is 10.0 Å². The van der Waals surface area contributed by atoms with Gasteiger partial charge in [0.05, 0.1) is 0 Å². The number of nitrogens with two attached hydrogens (primary N) is 1. The molecule has 0 atom stereocenters. The molecule has 5 nitrogen and oxygen atoms in total. The van der Waals surface area contributed by atoms with Crippen LogP contribution in [0.3, 0.4) is 0 Å². The molecule has 25 heavy (non-hydrogen) atoms. The van der Waals surface area contributed by atoms with Crippen molar-refractivity contribution < 1.29 is 14.4 Å². The van der Waals surface area contributed by atoms with E-state index in [9.17, 15) is 4.79 Å². The number of benzene rings is 2. The first-order valence-electron chi connectivity index (χ1n) is 7.52. The van der Waals surface area contributed by atoms with E-state index in [0.717, 1.165) is 16.7 Å². The number of nitrogens with zero attached hydrogens (tertiary/aromatic N) is 1. The number of hydrogen-bond donors (Lipinski definition) is 1. The lowest BCUT2D eigenvalue weighted by molar-refractivity contribution is -0.146. The highest BCUT2D eigenvalue weighted by atomic mass is 35.5. The minimum Gasteiger partial charge on any atom is -0.482 e. The van der Waals surface area contributed by atoms with Crippen molar-refractivity contribution in [3.8, 4) is 5.75 Å². The molecule has 0 fully saturated rings. The zero-order valence-electron chi connectivity index (χ0n) is 13.9. The fourth-order valence-electron chi connectivity index (χ4n) is 2.05. The van der Waals surface area contributed by atoms with Crippen LogP contribution in [-0.4, -0.2) is 18.4 Å². The Hall–Kier alpha value is -2.24. The van der Waals surface area contributed by atoms with Gasteiger partial charge in [-0.25, -0.2) is 4.79 Å². The van der Waals surface area contributed by atoms with Crippen LogP contribution in [0.5, 0.6) is 5.75 Å². The summed E-state index contributed by atoms with van der Waals surface area (Å²) in [5.41, 5.74) is 8.53. The number of halogens is 2. The van der Waals surface area contributed by atoms with Crippen LogP contribution in [0.4, 0.5) is 0 Å². The molecule has 0 saturated heterocycles. The minimum atomic E-state index is -0.647. The van der Waals surface area contributed by atoms with Crippen molar-refractivity contribution in [2.45, 2.75) is 20.3 Å². The highest BCUT2D eigenvalue weighted by molar-refractivity contribution is 6.35. The maximum atomic E-state index is 11.7. The van der Waals surface area contributed by atoms with Crippen molar-refractivity contribution >= 4 is 35.0 Å². The Morgan fingerprint density at radius 1 is 1.20 bits per heavy atom. The Bertz CT molecular complexity index is 807. The Morgan fingerprint density at radius 3 is 2.68 bits per heavy atom. The lowest BCUT2D eigenvalue weighted by Gasteiger charge is -2.09. The highest BCUT2D eigenvalue weighted by Crippen LogP contribution is 2.22. The molecule has 132 valence electrons. The van der Waals surface area contributed by atoms with Crippen molar-refractivity contribution in [1.82, 2.24) is 0 Å². The second kappa shape index (κ2) is 8.74. The van der Waals surface area contributed by atoms with Gasteiger partial charge < -0.3 is 15.3 Å². The second-order valence-electron chi connectivity index (χ2n) is 5.45. The number of hydrogen-bond acceptors (Lipinski definition) is 4. The van der Waals surface area contributed by atoms with Gasteiger partial charge in [-0.05, 0) is 48.7 Å². The van der Waals surface area contributed by atoms with Crippen molar-refractivity contribution in [1.29, 1.82) is 0 Å². The summed E-state index contributed by atoms with van der Waals surface area (Å²) < 4.78 is 5.44. The number of carbonyl (C=O) groups is 1. The molecule has 7 heteroatoms. The van der Waals surface area contributed by atoms with Gasteiger partial charge in [0.25, 0.3) is 0 Å². The van der Waals surface area contributed by atoms with Crippen LogP contribution in [-0.2, 0) is 16.1 Å². The molecule has 0 aliphatic rings. The summed E-state index contributed by atoms with van der Waals surface area (Å²) in [6.07, 6.45) is 0.237. The number of oxime groups is 1. The minimum absolute atomic E-state index is 0.115. The van der Waals surface area contributed by atoms with E-state index in [1.54, 1.807) is 24.3 Å². The standard InChI is InChI=1S/C18H18Cl2N2O3/c1-11-4-3-5-16(12(11)2)24-10-18(23)25-22-17(21)8-13-6-7-14(19)9-15(13)20/h3-7,9H,8,10H2,1-2H3,(H2,21,22). The fraction of sp³-hybridized carbons (Fsp3) is 0.222. The van der Waals surface area contributed by atoms with Gasteiger partial charge in [-0.3, -0.25) is 0 Å². The van der Waals surface area contributed by atoms with Gasteiger partial charge in [0.2, 0.25) is 0 Å². The van der Waals surface area contributed by atoms with E-state index in [1.165, 1.54) is 0 Å². The zero-order valence-corrected chi connectivity index (χ0v) is 15.4. The molecule has 2 aromatic carbocycles. The van der Waals surface area contributed by atoms with Crippen LogP contribution in [0.1, 0.15) is 16.7 Å². The molecule has 0 aliphatic heterocycles. The average Bonchev–Trinajstić information content (AvgIpc) is 2.57. The summed E-state index contributed by atoms with van der Waals surface area (Å²) >= 11 is 11.9. The summed E-state index contributed by atoms with van der Waals surface area (Å²) in [7, 11) is 0. The largest absolute Gasteiger partial charge is 0.482 e. The maximum Gasteiger partial charge on any atom is 0.372 e. The molecule has 0 bridgehead atoms. The van der Waals surface area contributed by atoms with E-state index in [-0.39, 0.29) is 18.9 Å². The lowest BCUT2D eigenvalue weighted by Crippen LogP contribution is -2.19. The predicted molar refractivity (Wildman–Crippen MR) is 99.3 cm³/mol. The topological polar surface area (TPSA) is 73.9 Å². The first-order valence-corrected chi connectivity index (χ1v) is 8.27. The highest BCUT2D eigenvalue weighted by Gasteiger charge is 2.09. The SMILES string of the molecule is Cc1cccc(OCC(=O)ON=C(N)Cc2ccc(Cl)cc2Cl)c1C. The Balaban J connectivity index is 1.87. The Labute approximate surface area is 156 Å². The fourth-order valence-corrected chi connectivity index (χ4v) is 2.52. The summed E-state index contributed by atoms with van der Waals surface area (Å²) in [6.45, 7) is 3.62. The Kier molecular flexibility index (Phi) is 6.67. The van der Waals surface area contributed by atoms with Crippen LogP contribution in [0.25, 0.3) is 0 Å². The molecule has 0 heterocycles. The molecule has 0 spiro atoms. The average molecular weight is 381 g/mol. The molecular formula is C18H18Cl2N2O3. The van der Waals surface area contributed by atoms with Crippen LogP contribution < -0.4 is 10.5 Å². The number of aryl methyl sites for hydroxylation is 1. The summed E-state index contributed by atoms with van der Waals surface area (Å²) in [4.78, 5) is 16.5. The molecule has 0 radical (unpaired) electrons. The van der Waals surface area contributed by atoms with Crippen molar-refractivity contribution in [3.05, 3.63) is 63.1 Å². The number of ether oxygens (including phenoxy) is 1.